The van der Waals surface area contributed by atoms with Crippen molar-refractivity contribution in [1.82, 2.24) is 4.90 Å². The highest BCUT2D eigenvalue weighted by Gasteiger charge is 2.23. The van der Waals surface area contributed by atoms with Crippen LogP contribution in [-0.2, 0) is 6.54 Å². The molecule has 2 N–H and O–H groups in total. The third-order valence-electron chi connectivity index (χ3n) is 3.61. The molecule has 1 unspecified atom stereocenters. The number of rotatable bonds is 3. The third kappa shape index (κ3) is 5.06. The lowest BCUT2D eigenvalue weighted by molar-refractivity contribution is 0.134. The SMILES string of the molecule is CC(N(C)Cc1cccc(C#CCN)c1)C(C)(C)C. The van der Waals surface area contributed by atoms with Crippen molar-refractivity contribution in [2.24, 2.45) is 11.1 Å². The molecule has 2 heteroatoms. The maximum atomic E-state index is 5.40. The molecular weight excluding hydrogens is 232 g/mol. The molecule has 0 saturated heterocycles. The molecule has 0 aliphatic heterocycles. The molecule has 0 spiro atoms. The van der Waals surface area contributed by atoms with Crippen LogP contribution >= 0.6 is 0 Å². The fourth-order valence-electron chi connectivity index (χ4n) is 1.99. The number of hydrogen-bond acceptors (Lipinski definition) is 2. The van der Waals surface area contributed by atoms with E-state index in [-0.39, 0.29) is 5.41 Å². The Hall–Kier alpha value is -1.30. The van der Waals surface area contributed by atoms with E-state index in [4.69, 9.17) is 5.73 Å². The molecule has 2 nitrogen and oxygen atoms in total. The maximum Gasteiger partial charge on any atom is 0.0555 e. The maximum absolute atomic E-state index is 5.40. The summed E-state index contributed by atoms with van der Waals surface area (Å²) in [5.74, 6) is 5.98. The molecule has 0 aliphatic carbocycles. The van der Waals surface area contributed by atoms with Crippen LogP contribution in [0.2, 0.25) is 0 Å². The fraction of sp³-hybridized carbons (Fsp3) is 0.529. The van der Waals surface area contributed by atoms with Crippen molar-refractivity contribution < 1.29 is 0 Å². The van der Waals surface area contributed by atoms with Crippen LogP contribution in [0.1, 0.15) is 38.8 Å². The minimum Gasteiger partial charge on any atom is -0.320 e. The molecule has 0 fully saturated rings. The van der Waals surface area contributed by atoms with Gasteiger partial charge in [-0.3, -0.25) is 4.90 Å². The van der Waals surface area contributed by atoms with Crippen molar-refractivity contribution in [3.8, 4) is 11.8 Å². The van der Waals surface area contributed by atoms with Gasteiger partial charge in [-0.2, -0.15) is 0 Å². The van der Waals surface area contributed by atoms with Crippen LogP contribution in [0.5, 0.6) is 0 Å². The summed E-state index contributed by atoms with van der Waals surface area (Å²) < 4.78 is 0. The minimum atomic E-state index is 0.283. The van der Waals surface area contributed by atoms with Gasteiger partial charge in [0.1, 0.15) is 0 Å². The number of nitrogens with zero attached hydrogens (tertiary/aromatic N) is 1. The summed E-state index contributed by atoms with van der Waals surface area (Å²) in [5.41, 5.74) is 8.02. The molecule has 1 rings (SSSR count). The van der Waals surface area contributed by atoms with Crippen LogP contribution in [0, 0.1) is 17.3 Å². The van der Waals surface area contributed by atoms with Crippen molar-refractivity contribution in [1.29, 1.82) is 0 Å². The second kappa shape index (κ2) is 6.75. The number of benzene rings is 1. The van der Waals surface area contributed by atoms with Crippen molar-refractivity contribution in [3.63, 3.8) is 0 Å². The Labute approximate surface area is 118 Å². The van der Waals surface area contributed by atoms with Gasteiger partial charge < -0.3 is 5.73 Å². The quantitative estimate of drug-likeness (QED) is 0.845. The molecule has 0 heterocycles. The first-order valence-corrected chi connectivity index (χ1v) is 6.82. The van der Waals surface area contributed by atoms with Gasteiger partial charge in [0.05, 0.1) is 6.54 Å². The lowest BCUT2D eigenvalue weighted by Crippen LogP contribution is -2.38. The first kappa shape index (κ1) is 15.8. The molecule has 1 atom stereocenters. The van der Waals surface area contributed by atoms with Crippen LogP contribution in [0.4, 0.5) is 0 Å². The third-order valence-corrected chi connectivity index (χ3v) is 3.61. The zero-order valence-corrected chi connectivity index (χ0v) is 12.8. The van der Waals surface area contributed by atoms with Gasteiger partial charge in [0.15, 0.2) is 0 Å². The molecule has 104 valence electrons. The van der Waals surface area contributed by atoms with Gasteiger partial charge in [-0.15, -0.1) is 0 Å². The van der Waals surface area contributed by atoms with Gasteiger partial charge in [0, 0.05) is 18.2 Å². The van der Waals surface area contributed by atoms with E-state index in [2.05, 4.69) is 69.7 Å². The van der Waals surface area contributed by atoms with Gasteiger partial charge in [0.2, 0.25) is 0 Å². The Morgan fingerprint density at radius 3 is 2.58 bits per heavy atom. The van der Waals surface area contributed by atoms with Crippen LogP contribution in [-0.4, -0.2) is 24.5 Å². The van der Waals surface area contributed by atoms with Crippen molar-refractivity contribution in [3.05, 3.63) is 35.4 Å². The molecule has 1 aromatic rings. The van der Waals surface area contributed by atoms with Crippen LogP contribution in [0.15, 0.2) is 24.3 Å². The summed E-state index contributed by atoms with van der Waals surface area (Å²) >= 11 is 0. The van der Waals surface area contributed by atoms with Gasteiger partial charge in [-0.25, -0.2) is 0 Å². The van der Waals surface area contributed by atoms with Crippen molar-refractivity contribution >= 4 is 0 Å². The molecule has 0 aromatic heterocycles. The lowest BCUT2D eigenvalue weighted by atomic mass is 9.87. The van der Waals surface area contributed by atoms with Gasteiger partial charge in [-0.05, 0) is 37.1 Å². The molecule has 0 saturated carbocycles. The highest BCUT2D eigenvalue weighted by Crippen LogP contribution is 2.24. The van der Waals surface area contributed by atoms with E-state index in [0.29, 0.717) is 12.6 Å². The van der Waals surface area contributed by atoms with E-state index in [1.165, 1.54) is 5.56 Å². The fourth-order valence-corrected chi connectivity index (χ4v) is 1.99. The average molecular weight is 258 g/mol. The highest BCUT2D eigenvalue weighted by molar-refractivity contribution is 5.37. The van der Waals surface area contributed by atoms with Crippen LogP contribution < -0.4 is 5.73 Å². The molecule has 0 aliphatic rings. The normalized spacial score (nSPS) is 13.0. The molecular formula is C17H26N2. The second-order valence-electron chi connectivity index (χ2n) is 6.16. The van der Waals surface area contributed by atoms with E-state index >= 15 is 0 Å². The largest absolute Gasteiger partial charge is 0.320 e. The first-order valence-electron chi connectivity index (χ1n) is 6.82. The van der Waals surface area contributed by atoms with Gasteiger partial charge in [0.25, 0.3) is 0 Å². The predicted molar refractivity (Wildman–Crippen MR) is 82.8 cm³/mol. The summed E-state index contributed by atoms with van der Waals surface area (Å²) in [6.45, 7) is 10.5. The smallest absolute Gasteiger partial charge is 0.0555 e. The second-order valence-corrected chi connectivity index (χ2v) is 6.16. The minimum absolute atomic E-state index is 0.283. The average Bonchev–Trinajstić information content (AvgIpc) is 2.34. The van der Waals surface area contributed by atoms with Crippen molar-refractivity contribution in [2.45, 2.75) is 40.3 Å². The van der Waals surface area contributed by atoms with E-state index in [1.54, 1.807) is 0 Å². The first-order chi connectivity index (χ1) is 8.84. The Morgan fingerprint density at radius 1 is 1.32 bits per heavy atom. The molecule has 19 heavy (non-hydrogen) atoms. The Morgan fingerprint density at radius 2 is 2.00 bits per heavy atom. The Balaban J connectivity index is 2.77. The zero-order valence-electron chi connectivity index (χ0n) is 12.8. The van der Waals surface area contributed by atoms with E-state index in [9.17, 15) is 0 Å². The summed E-state index contributed by atoms with van der Waals surface area (Å²) in [6.07, 6.45) is 0. The predicted octanol–water partition coefficient (Wildman–Crippen LogP) is 2.86. The topological polar surface area (TPSA) is 29.3 Å². The number of nitrogens with two attached hydrogens (primary N) is 1. The van der Waals surface area contributed by atoms with E-state index in [1.807, 2.05) is 6.07 Å². The summed E-state index contributed by atoms with van der Waals surface area (Å²) in [7, 11) is 2.17. The Kier molecular flexibility index (Phi) is 5.60. The molecule has 0 radical (unpaired) electrons. The van der Waals surface area contributed by atoms with Gasteiger partial charge in [-0.1, -0.05) is 44.7 Å². The Bertz CT molecular complexity index is 460. The van der Waals surface area contributed by atoms with Gasteiger partial charge >= 0.3 is 0 Å². The standard InChI is InChI=1S/C17H26N2/c1-14(17(2,3)4)19(5)13-16-9-6-8-15(12-16)10-7-11-18/h6,8-9,12,14H,11,13,18H2,1-5H3. The highest BCUT2D eigenvalue weighted by atomic mass is 15.1. The molecule has 0 amide bonds. The summed E-state index contributed by atoms with van der Waals surface area (Å²) in [4.78, 5) is 2.38. The van der Waals surface area contributed by atoms with E-state index < -0.39 is 0 Å². The summed E-state index contributed by atoms with van der Waals surface area (Å²) in [5, 5.41) is 0. The monoisotopic (exact) mass is 258 g/mol. The zero-order chi connectivity index (χ0) is 14.5. The molecule has 0 bridgehead atoms. The lowest BCUT2D eigenvalue weighted by Gasteiger charge is -2.35. The van der Waals surface area contributed by atoms with Crippen molar-refractivity contribution in [2.75, 3.05) is 13.6 Å². The van der Waals surface area contributed by atoms with Crippen LogP contribution in [0.25, 0.3) is 0 Å². The number of hydrogen-bond donors (Lipinski definition) is 1. The van der Waals surface area contributed by atoms with Crippen LogP contribution in [0.3, 0.4) is 0 Å². The summed E-state index contributed by atoms with van der Waals surface area (Å²) in [6, 6.07) is 8.91. The van der Waals surface area contributed by atoms with E-state index in [0.717, 1.165) is 12.1 Å². The molecule has 1 aromatic carbocycles.